The van der Waals surface area contributed by atoms with Gasteiger partial charge < -0.3 is 5.32 Å². The molecule has 1 aromatic rings. The first-order chi connectivity index (χ1) is 8.66. The Labute approximate surface area is 114 Å². The van der Waals surface area contributed by atoms with Crippen molar-refractivity contribution in [2.24, 2.45) is 5.92 Å². The Morgan fingerprint density at radius 1 is 1.33 bits per heavy atom. The van der Waals surface area contributed by atoms with Crippen molar-refractivity contribution in [1.29, 1.82) is 0 Å². The maximum absolute atomic E-state index is 12.9. The predicted octanol–water partition coefficient (Wildman–Crippen LogP) is 4.54. The molecule has 0 aromatic heterocycles. The average molecular weight is 270 g/mol. The average Bonchev–Trinajstić information content (AvgIpc) is 2.38. The monoisotopic (exact) mass is 269 g/mol. The summed E-state index contributed by atoms with van der Waals surface area (Å²) in [7, 11) is 0. The summed E-state index contributed by atoms with van der Waals surface area (Å²) >= 11 is 6.02. The van der Waals surface area contributed by atoms with E-state index in [2.05, 4.69) is 12.2 Å². The Hall–Kier alpha value is -0.600. The topological polar surface area (TPSA) is 12.0 Å². The predicted molar refractivity (Wildman–Crippen MR) is 74.3 cm³/mol. The van der Waals surface area contributed by atoms with E-state index in [0.29, 0.717) is 11.1 Å². The highest BCUT2D eigenvalue weighted by atomic mass is 35.5. The number of rotatable bonds is 4. The summed E-state index contributed by atoms with van der Waals surface area (Å²) in [5, 5.41) is 4.03. The lowest BCUT2D eigenvalue weighted by atomic mass is 9.84. The lowest BCUT2D eigenvalue weighted by molar-refractivity contribution is 0.280. The van der Waals surface area contributed by atoms with Gasteiger partial charge in [0.25, 0.3) is 0 Å². The van der Waals surface area contributed by atoms with Crippen molar-refractivity contribution in [3.63, 3.8) is 0 Å². The summed E-state index contributed by atoms with van der Waals surface area (Å²) in [6, 6.07) is 5.11. The molecule has 0 amide bonds. The van der Waals surface area contributed by atoms with E-state index in [-0.39, 0.29) is 5.82 Å². The fraction of sp³-hybridized carbons (Fsp3) is 0.600. The van der Waals surface area contributed by atoms with Gasteiger partial charge in [-0.05, 0) is 43.4 Å². The highest BCUT2D eigenvalue weighted by molar-refractivity contribution is 6.31. The van der Waals surface area contributed by atoms with Crippen molar-refractivity contribution in [2.75, 3.05) is 0 Å². The second-order valence-corrected chi connectivity index (χ2v) is 5.71. The van der Waals surface area contributed by atoms with Crippen LogP contribution in [0.4, 0.5) is 4.39 Å². The Morgan fingerprint density at radius 2 is 2.06 bits per heavy atom. The minimum atomic E-state index is -0.274. The quantitative estimate of drug-likeness (QED) is 0.846. The van der Waals surface area contributed by atoms with Crippen LogP contribution in [-0.4, -0.2) is 6.04 Å². The van der Waals surface area contributed by atoms with E-state index in [0.717, 1.165) is 18.0 Å². The van der Waals surface area contributed by atoms with Crippen molar-refractivity contribution in [2.45, 2.75) is 51.6 Å². The summed E-state index contributed by atoms with van der Waals surface area (Å²) in [5.41, 5.74) is 0.973. The number of hydrogen-bond donors (Lipinski definition) is 1. The number of benzene rings is 1. The molecule has 0 aliphatic heterocycles. The van der Waals surface area contributed by atoms with Crippen LogP contribution in [0.3, 0.4) is 0 Å². The van der Waals surface area contributed by atoms with Gasteiger partial charge in [0.15, 0.2) is 0 Å². The molecule has 1 aromatic carbocycles. The fourth-order valence-corrected chi connectivity index (χ4v) is 2.97. The normalized spacial score (nSPS) is 18.8. The molecule has 3 heteroatoms. The molecule has 1 saturated carbocycles. The maximum Gasteiger partial charge on any atom is 0.124 e. The van der Waals surface area contributed by atoms with Crippen LogP contribution in [0, 0.1) is 11.7 Å². The van der Waals surface area contributed by atoms with Crippen LogP contribution >= 0.6 is 11.6 Å². The molecule has 18 heavy (non-hydrogen) atoms. The molecule has 1 nitrogen and oxygen atoms in total. The van der Waals surface area contributed by atoms with E-state index in [1.807, 2.05) is 0 Å². The molecule has 0 saturated heterocycles. The van der Waals surface area contributed by atoms with Crippen LogP contribution < -0.4 is 5.32 Å². The molecular weight excluding hydrogens is 249 g/mol. The highest BCUT2D eigenvalue weighted by Crippen LogP contribution is 2.26. The molecule has 2 rings (SSSR count). The lowest BCUT2D eigenvalue weighted by Crippen LogP contribution is -2.34. The summed E-state index contributed by atoms with van der Waals surface area (Å²) in [6.07, 6.45) is 6.74. The third-order valence-corrected chi connectivity index (χ3v) is 4.34. The molecule has 1 atom stereocenters. The fourth-order valence-electron chi connectivity index (χ4n) is 2.74. The molecule has 1 aliphatic carbocycles. The van der Waals surface area contributed by atoms with Gasteiger partial charge in [-0.2, -0.15) is 0 Å². The Balaban J connectivity index is 1.86. The van der Waals surface area contributed by atoms with Crippen LogP contribution in [-0.2, 0) is 6.54 Å². The van der Waals surface area contributed by atoms with Gasteiger partial charge in [0.1, 0.15) is 5.82 Å². The number of hydrogen-bond acceptors (Lipinski definition) is 1. The molecule has 1 fully saturated rings. The first-order valence-corrected chi connectivity index (χ1v) is 7.22. The zero-order valence-corrected chi connectivity index (χ0v) is 11.6. The highest BCUT2D eigenvalue weighted by Gasteiger charge is 2.19. The first-order valence-electron chi connectivity index (χ1n) is 6.84. The number of halogens is 2. The summed E-state index contributed by atoms with van der Waals surface area (Å²) in [4.78, 5) is 0. The molecule has 0 radical (unpaired) electrons. The molecule has 1 aliphatic rings. The van der Waals surface area contributed by atoms with Crippen LogP contribution in [0.2, 0.25) is 5.02 Å². The standard InChI is InChI=1S/C15H21ClFN/c1-11(12-5-3-2-4-6-12)18-10-13-7-8-14(17)9-15(13)16/h7-9,11-12,18H,2-6,10H2,1H3/t11-/m1/s1. The minimum absolute atomic E-state index is 0.274. The molecule has 0 bridgehead atoms. The summed E-state index contributed by atoms with van der Waals surface area (Å²) < 4.78 is 12.9. The Morgan fingerprint density at radius 3 is 2.72 bits per heavy atom. The minimum Gasteiger partial charge on any atom is -0.310 e. The summed E-state index contributed by atoms with van der Waals surface area (Å²) in [5.74, 6) is 0.502. The van der Waals surface area contributed by atoms with Gasteiger partial charge in [-0.25, -0.2) is 4.39 Å². The SMILES string of the molecule is C[C@@H](NCc1ccc(F)cc1Cl)C1CCCCC1. The van der Waals surface area contributed by atoms with Gasteiger partial charge in [-0.1, -0.05) is 36.9 Å². The first kappa shape index (κ1) is 13.8. The molecule has 0 spiro atoms. The van der Waals surface area contributed by atoms with Gasteiger partial charge in [-0.15, -0.1) is 0 Å². The molecule has 0 heterocycles. The Bertz CT molecular complexity index is 388. The van der Waals surface area contributed by atoms with Crippen molar-refractivity contribution in [1.82, 2.24) is 5.32 Å². The largest absolute Gasteiger partial charge is 0.310 e. The second kappa shape index (κ2) is 6.53. The van der Waals surface area contributed by atoms with Crippen LogP contribution in [0.1, 0.15) is 44.6 Å². The van der Waals surface area contributed by atoms with Crippen molar-refractivity contribution < 1.29 is 4.39 Å². The van der Waals surface area contributed by atoms with Crippen LogP contribution in [0.15, 0.2) is 18.2 Å². The van der Waals surface area contributed by atoms with Crippen molar-refractivity contribution in [3.8, 4) is 0 Å². The van der Waals surface area contributed by atoms with E-state index in [1.54, 1.807) is 6.07 Å². The third kappa shape index (κ3) is 3.69. The van der Waals surface area contributed by atoms with Crippen molar-refractivity contribution in [3.05, 3.63) is 34.6 Å². The third-order valence-electron chi connectivity index (χ3n) is 3.99. The van der Waals surface area contributed by atoms with E-state index >= 15 is 0 Å². The number of nitrogens with one attached hydrogen (secondary N) is 1. The molecule has 100 valence electrons. The van der Waals surface area contributed by atoms with Gasteiger partial charge in [0.2, 0.25) is 0 Å². The zero-order chi connectivity index (χ0) is 13.0. The Kier molecular flexibility index (Phi) is 5.02. The molecule has 0 unspecified atom stereocenters. The van der Waals surface area contributed by atoms with E-state index in [4.69, 9.17) is 11.6 Å². The van der Waals surface area contributed by atoms with E-state index in [9.17, 15) is 4.39 Å². The van der Waals surface area contributed by atoms with Gasteiger partial charge in [0, 0.05) is 17.6 Å². The van der Waals surface area contributed by atoms with Crippen molar-refractivity contribution >= 4 is 11.6 Å². The van der Waals surface area contributed by atoms with Gasteiger partial charge in [0.05, 0.1) is 0 Å². The molecule has 1 N–H and O–H groups in total. The zero-order valence-electron chi connectivity index (χ0n) is 10.9. The smallest absolute Gasteiger partial charge is 0.124 e. The second-order valence-electron chi connectivity index (χ2n) is 5.30. The van der Waals surface area contributed by atoms with Crippen LogP contribution in [0.5, 0.6) is 0 Å². The van der Waals surface area contributed by atoms with Gasteiger partial charge in [-0.3, -0.25) is 0 Å². The van der Waals surface area contributed by atoms with Gasteiger partial charge >= 0.3 is 0 Å². The van der Waals surface area contributed by atoms with Crippen LogP contribution in [0.25, 0.3) is 0 Å². The molecular formula is C15H21ClFN. The van der Waals surface area contributed by atoms with E-state index in [1.165, 1.54) is 44.2 Å². The summed E-state index contributed by atoms with van der Waals surface area (Å²) in [6.45, 7) is 2.96. The lowest BCUT2D eigenvalue weighted by Gasteiger charge is -2.28. The van der Waals surface area contributed by atoms with E-state index < -0.39 is 0 Å². The maximum atomic E-state index is 12.9.